The maximum absolute atomic E-state index is 13.4. The van der Waals surface area contributed by atoms with Crippen molar-refractivity contribution in [2.24, 2.45) is 4.99 Å². The summed E-state index contributed by atoms with van der Waals surface area (Å²) in [5.41, 5.74) is 2.95. The van der Waals surface area contributed by atoms with E-state index < -0.39 is 0 Å². The number of nitrogens with zero attached hydrogens (tertiary/aromatic N) is 3. The van der Waals surface area contributed by atoms with Gasteiger partial charge in [0.05, 0.1) is 23.8 Å². The Morgan fingerprint density at radius 2 is 1.64 bits per heavy atom. The number of aliphatic imine (C=N–C) groups is 1. The molecule has 0 radical (unpaired) electrons. The van der Waals surface area contributed by atoms with Crippen LogP contribution in [0, 0.1) is 0 Å². The lowest BCUT2D eigenvalue weighted by Crippen LogP contribution is -2.42. The van der Waals surface area contributed by atoms with Crippen molar-refractivity contribution >= 4 is 40.5 Å². The summed E-state index contributed by atoms with van der Waals surface area (Å²) in [6.07, 6.45) is 3.61. The van der Waals surface area contributed by atoms with Crippen LogP contribution >= 0.6 is 11.8 Å². The third kappa shape index (κ3) is 7.37. The Hall–Kier alpha value is -3.88. The van der Waals surface area contributed by atoms with E-state index in [1.165, 1.54) is 17.3 Å². The number of hydrogen-bond donors (Lipinski definition) is 0. The van der Waals surface area contributed by atoms with Gasteiger partial charge in [-0.15, -0.1) is 0 Å². The molecule has 5 rings (SSSR count). The number of morpholine rings is 1. The summed E-state index contributed by atoms with van der Waals surface area (Å²) in [4.78, 5) is 34.7. The van der Waals surface area contributed by atoms with Gasteiger partial charge in [0.1, 0.15) is 5.75 Å². The second kappa shape index (κ2) is 13.3. The quantitative estimate of drug-likeness (QED) is 0.350. The predicted octanol–water partition coefficient (Wildman–Crippen LogP) is 5.16. The first-order valence-electron chi connectivity index (χ1n) is 13.1. The van der Waals surface area contributed by atoms with Crippen LogP contribution in [0.3, 0.4) is 0 Å². The lowest BCUT2D eigenvalue weighted by atomic mass is 10.1. The fraction of sp³-hybridized carbons (Fsp3) is 0.258. The highest BCUT2D eigenvalue weighted by atomic mass is 32.2. The molecule has 2 fully saturated rings. The van der Waals surface area contributed by atoms with Gasteiger partial charge < -0.3 is 14.4 Å². The van der Waals surface area contributed by atoms with E-state index in [0.717, 1.165) is 24.1 Å². The second-order valence-electron chi connectivity index (χ2n) is 9.24. The van der Waals surface area contributed by atoms with Gasteiger partial charge in [-0.2, -0.15) is 0 Å². The minimum Gasteiger partial charge on any atom is -0.484 e. The fourth-order valence-electron chi connectivity index (χ4n) is 4.35. The molecule has 0 bridgehead atoms. The lowest BCUT2D eigenvalue weighted by Gasteiger charge is -2.26. The summed E-state index contributed by atoms with van der Waals surface area (Å²) in [5.74, 6) is 0.521. The minimum absolute atomic E-state index is 0.00791. The van der Waals surface area contributed by atoms with Gasteiger partial charge in [0.25, 0.3) is 11.8 Å². The van der Waals surface area contributed by atoms with E-state index >= 15 is 0 Å². The predicted molar refractivity (Wildman–Crippen MR) is 155 cm³/mol. The first-order valence-corrected chi connectivity index (χ1v) is 13.9. The number of carbonyl (C=O) groups excluding carboxylic acids is 2. The number of benzene rings is 3. The molecule has 0 atom stereocenters. The molecule has 0 unspecified atom stereocenters. The summed E-state index contributed by atoms with van der Waals surface area (Å²) < 4.78 is 11.0. The van der Waals surface area contributed by atoms with Crippen LogP contribution in [0.15, 0.2) is 94.8 Å². The summed E-state index contributed by atoms with van der Waals surface area (Å²) in [5, 5.41) is 0.687. The Morgan fingerprint density at radius 3 is 2.36 bits per heavy atom. The Morgan fingerprint density at radius 1 is 0.949 bits per heavy atom. The normalized spacial score (nSPS) is 17.7. The van der Waals surface area contributed by atoms with Gasteiger partial charge in [-0.1, -0.05) is 60.7 Å². The number of rotatable bonds is 9. The van der Waals surface area contributed by atoms with E-state index in [-0.39, 0.29) is 18.4 Å². The molecule has 7 nitrogen and oxygen atoms in total. The zero-order chi connectivity index (χ0) is 26.9. The van der Waals surface area contributed by atoms with Crippen molar-refractivity contribution in [1.82, 2.24) is 9.80 Å². The molecule has 39 heavy (non-hydrogen) atoms. The van der Waals surface area contributed by atoms with Gasteiger partial charge >= 0.3 is 0 Å². The molecule has 8 heteroatoms. The lowest BCUT2D eigenvalue weighted by molar-refractivity contribution is -0.137. The number of ether oxygens (including phenoxy) is 2. The number of thioether (sulfide) groups is 1. The molecule has 2 aliphatic rings. The first-order chi connectivity index (χ1) is 19.2. The number of amidine groups is 1. The van der Waals surface area contributed by atoms with Crippen LogP contribution in [0.4, 0.5) is 5.69 Å². The molecule has 3 aromatic carbocycles. The highest BCUT2D eigenvalue weighted by Crippen LogP contribution is 2.34. The molecule has 2 heterocycles. The third-order valence-electron chi connectivity index (χ3n) is 6.46. The Bertz CT molecular complexity index is 1320. The summed E-state index contributed by atoms with van der Waals surface area (Å²) >= 11 is 1.39. The smallest absolute Gasteiger partial charge is 0.266 e. The molecular formula is C31H31N3O4S. The Labute approximate surface area is 233 Å². The van der Waals surface area contributed by atoms with Gasteiger partial charge in [0.2, 0.25) is 0 Å². The molecule has 0 N–H and O–H groups in total. The molecule has 2 amide bonds. The van der Waals surface area contributed by atoms with E-state index in [1.54, 1.807) is 9.80 Å². The average molecular weight is 542 g/mol. The van der Waals surface area contributed by atoms with Crippen LogP contribution in [-0.4, -0.2) is 66.2 Å². The van der Waals surface area contributed by atoms with Crippen LogP contribution in [0.25, 0.3) is 6.08 Å². The van der Waals surface area contributed by atoms with Crippen molar-refractivity contribution in [1.29, 1.82) is 0 Å². The van der Waals surface area contributed by atoms with Crippen LogP contribution in [-0.2, 0) is 20.7 Å². The standard InChI is InChI=1S/C31H31N3O4S/c35-29(33-18-20-37-21-19-33)23-38-27-15-13-25(14-16-27)22-28-30(36)34(17-7-10-24-8-3-1-4-9-24)31(39-28)32-26-11-5-2-6-12-26/h1-6,8-9,11-16,22H,7,10,17-21,23H2/b28-22-,32-31?. The van der Waals surface area contributed by atoms with E-state index in [4.69, 9.17) is 14.5 Å². The SMILES string of the molecule is O=C(COc1ccc(/C=C2\SC(=Nc3ccccc3)N(CCCc3ccccc3)C2=O)cc1)N1CCOCC1. The molecule has 200 valence electrons. The summed E-state index contributed by atoms with van der Waals surface area (Å²) in [6, 6.07) is 27.4. The number of hydrogen-bond acceptors (Lipinski definition) is 6. The molecule has 0 aliphatic carbocycles. The fourth-order valence-corrected chi connectivity index (χ4v) is 5.37. The Balaban J connectivity index is 1.25. The molecule has 0 spiro atoms. The van der Waals surface area contributed by atoms with Crippen molar-refractivity contribution in [2.75, 3.05) is 39.5 Å². The average Bonchev–Trinajstić information content (AvgIpc) is 3.27. The topological polar surface area (TPSA) is 71.4 Å². The summed E-state index contributed by atoms with van der Waals surface area (Å²) in [7, 11) is 0. The van der Waals surface area contributed by atoms with Gasteiger partial charge in [0, 0.05) is 19.6 Å². The second-order valence-corrected chi connectivity index (χ2v) is 10.2. The molecule has 0 aromatic heterocycles. The van der Waals surface area contributed by atoms with Crippen molar-refractivity contribution in [3.8, 4) is 5.75 Å². The third-order valence-corrected chi connectivity index (χ3v) is 7.47. The number of carbonyl (C=O) groups is 2. The van der Waals surface area contributed by atoms with Crippen LogP contribution < -0.4 is 4.74 Å². The number of amides is 2. The summed E-state index contributed by atoms with van der Waals surface area (Å²) in [6.45, 7) is 2.90. The van der Waals surface area contributed by atoms with Crippen LogP contribution in [0.2, 0.25) is 0 Å². The van der Waals surface area contributed by atoms with Gasteiger partial charge in [0.15, 0.2) is 11.8 Å². The zero-order valence-corrected chi connectivity index (χ0v) is 22.5. The van der Waals surface area contributed by atoms with Crippen molar-refractivity contribution in [3.05, 3.63) is 101 Å². The van der Waals surface area contributed by atoms with Crippen molar-refractivity contribution < 1.29 is 19.1 Å². The van der Waals surface area contributed by atoms with Gasteiger partial charge in [-0.05, 0) is 66.1 Å². The van der Waals surface area contributed by atoms with E-state index in [1.807, 2.05) is 78.9 Å². The molecule has 2 aliphatic heterocycles. The highest BCUT2D eigenvalue weighted by Gasteiger charge is 2.33. The van der Waals surface area contributed by atoms with Crippen LogP contribution in [0.5, 0.6) is 5.75 Å². The van der Waals surface area contributed by atoms with Crippen molar-refractivity contribution in [2.45, 2.75) is 12.8 Å². The van der Waals surface area contributed by atoms with E-state index in [2.05, 4.69) is 12.1 Å². The molecular weight excluding hydrogens is 510 g/mol. The van der Waals surface area contributed by atoms with E-state index in [9.17, 15) is 9.59 Å². The molecule has 0 saturated carbocycles. The minimum atomic E-state index is -0.0463. The maximum atomic E-state index is 13.4. The van der Waals surface area contributed by atoms with Crippen LogP contribution in [0.1, 0.15) is 17.5 Å². The van der Waals surface area contributed by atoms with Gasteiger partial charge in [-0.25, -0.2) is 4.99 Å². The maximum Gasteiger partial charge on any atom is 0.266 e. The monoisotopic (exact) mass is 541 g/mol. The number of aryl methyl sites for hydroxylation is 1. The largest absolute Gasteiger partial charge is 0.484 e. The van der Waals surface area contributed by atoms with E-state index in [0.29, 0.717) is 48.7 Å². The highest BCUT2D eigenvalue weighted by molar-refractivity contribution is 8.18. The molecule has 2 saturated heterocycles. The Kier molecular flexibility index (Phi) is 9.09. The number of para-hydroxylation sites is 1. The van der Waals surface area contributed by atoms with Gasteiger partial charge in [-0.3, -0.25) is 14.5 Å². The first kappa shape index (κ1) is 26.7. The molecule has 3 aromatic rings. The zero-order valence-electron chi connectivity index (χ0n) is 21.7. The van der Waals surface area contributed by atoms with Crippen molar-refractivity contribution in [3.63, 3.8) is 0 Å².